The second-order valence-electron chi connectivity index (χ2n) is 5.03. The summed E-state index contributed by atoms with van der Waals surface area (Å²) in [6, 6.07) is 7.04. The topological polar surface area (TPSA) is 40.6 Å². The number of thioether (sulfide) groups is 1. The quantitative estimate of drug-likeness (QED) is 0.777. The molecule has 3 rings (SSSR count). The highest BCUT2D eigenvalue weighted by Gasteiger charge is 2.42. The Bertz CT molecular complexity index is 628. The number of nitrogens with zero attached hydrogens (tertiary/aromatic N) is 2. The fraction of sp³-hybridized carbons (Fsp3) is 0.462. The maximum Gasteiger partial charge on any atom is 0.244 e. The number of sulfonamides is 1. The van der Waals surface area contributed by atoms with Gasteiger partial charge < -0.3 is 4.90 Å². The molecule has 2 aliphatic heterocycles. The second-order valence-corrected chi connectivity index (χ2v) is 8.58. The maximum atomic E-state index is 12.8. The molecule has 2 fully saturated rings. The van der Waals surface area contributed by atoms with Crippen LogP contribution in [0.25, 0.3) is 0 Å². The molecule has 0 aromatic heterocycles. The summed E-state index contributed by atoms with van der Waals surface area (Å²) >= 11 is 6.87. The van der Waals surface area contributed by atoms with Gasteiger partial charge in [0.15, 0.2) is 0 Å². The van der Waals surface area contributed by atoms with Gasteiger partial charge in [-0.25, -0.2) is 8.42 Å². The summed E-state index contributed by atoms with van der Waals surface area (Å²) in [5, 5.41) is 0. The highest BCUT2D eigenvalue weighted by Crippen LogP contribution is 2.33. The van der Waals surface area contributed by atoms with E-state index in [4.69, 9.17) is 12.2 Å². The largest absolute Gasteiger partial charge is 0.340 e. The van der Waals surface area contributed by atoms with Crippen LogP contribution in [0.2, 0.25) is 0 Å². The third-order valence-corrected chi connectivity index (χ3v) is 7.13. The summed E-state index contributed by atoms with van der Waals surface area (Å²) in [6.07, 6.45) is 0.704. The molecule has 1 aromatic carbocycles. The highest BCUT2D eigenvalue weighted by molar-refractivity contribution is 8.23. The van der Waals surface area contributed by atoms with Crippen molar-refractivity contribution in [3.63, 3.8) is 0 Å². The Labute approximate surface area is 129 Å². The van der Waals surface area contributed by atoms with Crippen LogP contribution in [0.5, 0.6) is 0 Å². The number of benzene rings is 1. The van der Waals surface area contributed by atoms with Crippen molar-refractivity contribution in [1.29, 1.82) is 0 Å². The fourth-order valence-electron chi connectivity index (χ4n) is 2.59. The molecule has 0 N–H and O–H groups in total. The summed E-state index contributed by atoms with van der Waals surface area (Å²) in [6.45, 7) is 3.38. The van der Waals surface area contributed by atoms with Gasteiger partial charge in [-0.15, -0.1) is 0 Å². The van der Waals surface area contributed by atoms with Crippen molar-refractivity contribution in [1.82, 2.24) is 9.21 Å². The Balaban J connectivity index is 1.94. The summed E-state index contributed by atoms with van der Waals surface area (Å²) in [7, 11) is -3.44. The van der Waals surface area contributed by atoms with E-state index >= 15 is 0 Å². The first-order valence-corrected chi connectivity index (χ1v) is 9.35. The SMILES string of the molecule is Cc1ccc(S(=O)(=O)N2CCCN3C(=S)SC[C@@H]32)cc1. The van der Waals surface area contributed by atoms with E-state index in [0.29, 0.717) is 11.4 Å². The zero-order chi connectivity index (χ0) is 14.3. The highest BCUT2D eigenvalue weighted by atomic mass is 32.2. The molecule has 1 aromatic rings. The first-order chi connectivity index (χ1) is 9.50. The predicted octanol–water partition coefficient (Wildman–Crippen LogP) is 2.05. The Kier molecular flexibility index (Phi) is 3.79. The Morgan fingerprint density at radius 1 is 1.25 bits per heavy atom. The van der Waals surface area contributed by atoms with Gasteiger partial charge in [-0.2, -0.15) is 4.31 Å². The van der Waals surface area contributed by atoms with Crippen molar-refractivity contribution >= 4 is 38.3 Å². The summed E-state index contributed by atoms with van der Waals surface area (Å²) in [5.74, 6) is 0.726. The molecular formula is C13H16N2O2S3. The van der Waals surface area contributed by atoms with Crippen molar-refractivity contribution in [2.45, 2.75) is 24.4 Å². The molecule has 0 saturated carbocycles. The van der Waals surface area contributed by atoms with Crippen LogP contribution in [0.1, 0.15) is 12.0 Å². The van der Waals surface area contributed by atoms with E-state index in [-0.39, 0.29) is 6.17 Å². The van der Waals surface area contributed by atoms with Gasteiger partial charge in [0, 0.05) is 18.8 Å². The van der Waals surface area contributed by atoms with Crippen LogP contribution in [0.4, 0.5) is 0 Å². The normalized spacial score (nSPS) is 23.9. The lowest BCUT2D eigenvalue weighted by molar-refractivity contribution is 0.154. The molecule has 108 valence electrons. The van der Waals surface area contributed by atoms with Crippen LogP contribution in [0.3, 0.4) is 0 Å². The molecule has 0 bridgehead atoms. The Hall–Kier alpha value is -0.630. The number of rotatable bonds is 2. The van der Waals surface area contributed by atoms with Gasteiger partial charge in [-0.05, 0) is 25.5 Å². The minimum atomic E-state index is -3.44. The van der Waals surface area contributed by atoms with E-state index in [2.05, 4.69) is 0 Å². The molecule has 20 heavy (non-hydrogen) atoms. The number of hydrogen-bond acceptors (Lipinski definition) is 4. The fourth-order valence-corrected chi connectivity index (χ4v) is 5.76. The monoisotopic (exact) mass is 328 g/mol. The van der Waals surface area contributed by atoms with Crippen LogP contribution in [0, 0.1) is 6.92 Å². The average Bonchev–Trinajstić information content (AvgIpc) is 2.81. The third-order valence-electron chi connectivity index (χ3n) is 3.69. The molecule has 4 nitrogen and oxygen atoms in total. The van der Waals surface area contributed by atoms with Gasteiger partial charge in [-0.1, -0.05) is 41.7 Å². The van der Waals surface area contributed by atoms with E-state index in [1.807, 2.05) is 24.0 Å². The minimum Gasteiger partial charge on any atom is -0.340 e. The molecule has 0 amide bonds. The first-order valence-electron chi connectivity index (χ1n) is 6.52. The second kappa shape index (κ2) is 5.29. The van der Waals surface area contributed by atoms with Crippen LogP contribution >= 0.6 is 24.0 Å². The molecule has 7 heteroatoms. The number of fused-ring (bicyclic) bond motifs is 1. The molecule has 2 aliphatic rings. The molecule has 2 heterocycles. The lowest BCUT2D eigenvalue weighted by Crippen LogP contribution is -2.54. The zero-order valence-corrected chi connectivity index (χ0v) is 13.6. The molecule has 0 unspecified atom stereocenters. The summed E-state index contributed by atoms with van der Waals surface area (Å²) in [4.78, 5) is 2.41. The molecule has 0 aliphatic carbocycles. The van der Waals surface area contributed by atoms with Gasteiger partial charge in [0.2, 0.25) is 10.0 Å². The van der Waals surface area contributed by atoms with E-state index < -0.39 is 10.0 Å². The van der Waals surface area contributed by atoms with E-state index in [9.17, 15) is 8.42 Å². The Morgan fingerprint density at radius 3 is 2.65 bits per heavy atom. The number of aryl methyl sites for hydroxylation is 1. The standard InChI is InChI=1S/C13H16N2O2S3/c1-10-3-5-11(6-4-10)20(16,17)15-8-2-7-14-12(15)9-19-13(14)18/h3-6,12H,2,7-9H2,1H3/t12-/m0/s1. The van der Waals surface area contributed by atoms with Crippen molar-refractivity contribution < 1.29 is 8.42 Å². The molecule has 0 spiro atoms. The lowest BCUT2D eigenvalue weighted by Gasteiger charge is -2.39. The van der Waals surface area contributed by atoms with Crippen molar-refractivity contribution in [2.24, 2.45) is 0 Å². The van der Waals surface area contributed by atoms with Crippen LogP contribution in [0.15, 0.2) is 29.2 Å². The number of thiocarbonyl (C=S) groups is 1. The number of hydrogen-bond donors (Lipinski definition) is 0. The van der Waals surface area contributed by atoms with E-state index in [1.165, 1.54) is 0 Å². The average molecular weight is 328 g/mol. The van der Waals surface area contributed by atoms with Crippen molar-refractivity contribution in [2.75, 3.05) is 18.8 Å². The minimum absolute atomic E-state index is 0.118. The predicted molar refractivity (Wildman–Crippen MR) is 85.2 cm³/mol. The zero-order valence-electron chi connectivity index (χ0n) is 11.2. The molecular weight excluding hydrogens is 312 g/mol. The van der Waals surface area contributed by atoms with Gasteiger partial charge in [0.05, 0.1) is 4.90 Å². The smallest absolute Gasteiger partial charge is 0.244 e. The molecule has 1 atom stereocenters. The van der Waals surface area contributed by atoms with E-state index in [0.717, 1.165) is 28.6 Å². The van der Waals surface area contributed by atoms with Crippen LogP contribution in [-0.4, -0.2) is 47.0 Å². The summed E-state index contributed by atoms with van der Waals surface area (Å²) < 4.78 is 28.0. The summed E-state index contributed by atoms with van der Waals surface area (Å²) in [5.41, 5.74) is 1.06. The lowest BCUT2D eigenvalue weighted by atomic mass is 10.2. The van der Waals surface area contributed by atoms with E-state index in [1.54, 1.807) is 28.2 Å². The van der Waals surface area contributed by atoms with Gasteiger partial charge in [-0.3, -0.25) is 0 Å². The van der Waals surface area contributed by atoms with Crippen molar-refractivity contribution in [3.05, 3.63) is 29.8 Å². The van der Waals surface area contributed by atoms with Gasteiger partial charge in [0.25, 0.3) is 0 Å². The maximum absolute atomic E-state index is 12.8. The van der Waals surface area contributed by atoms with Gasteiger partial charge >= 0.3 is 0 Å². The first kappa shape index (κ1) is 14.3. The Morgan fingerprint density at radius 2 is 1.95 bits per heavy atom. The van der Waals surface area contributed by atoms with Crippen LogP contribution < -0.4 is 0 Å². The van der Waals surface area contributed by atoms with Crippen LogP contribution in [-0.2, 0) is 10.0 Å². The van der Waals surface area contributed by atoms with Crippen molar-refractivity contribution in [3.8, 4) is 0 Å². The third kappa shape index (κ3) is 2.36. The molecule has 0 radical (unpaired) electrons. The molecule has 2 saturated heterocycles. The van der Waals surface area contributed by atoms with Gasteiger partial charge in [0.1, 0.15) is 10.5 Å².